The van der Waals surface area contributed by atoms with Gasteiger partial charge in [0.1, 0.15) is 5.82 Å². The Morgan fingerprint density at radius 1 is 1.58 bits per heavy atom. The molecule has 2 aromatic rings. The standard InChI is InChI=1S/C8H8ClN3/c1-2-7-11-6-3-5(9)4-10-8(6)12-7/h3-4H,2H2,1H3,(H,10,11,12). The molecule has 0 aliphatic heterocycles. The molecule has 2 rings (SSSR count). The number of aryl methyl sites for hydroxylation is 1. The lowest BCUT2D eigenvalue weighted by molar-refractivity contribution is 0.997. The molecule has 0 saturated heterocycles. The first-order valence-corrected chi connectivity index (χ1v) is 4.17. The van der Waals surface area contributed by atoms with Gasteiger partial charge in [-0.15, -0.1) is 0 Å². The van der Waals surface area contributed by atoms with E-state index in [0.29, 0.717) is 5.02 Å². The van der Waals surface area contributed by atoms with E-state index in [1.54, 1.807) is 6.20 Å². The van der Waals surface area contributed by atoms with Gasteiger partial charge < -0.3 is 4.98 Å². The molecule has 62 valence electrons. The van der Waals surface area contributed by atoms with Crippen molar-refractivity contribution in [2.45, 2.75) is 13.3 Å². The minimum Gasteiger partial charge on any atom is -0.341 e. The van der Waals surface area contributed by atoms with Gasteiger partial charge >= 0.3 is 0 Å². The average molecular weight is 182 g/mol. The highest BCUT2D eigenvalue weighted by Gasteiger charge is 2.01. The second kappa shape index (κ2) is 2.75. The van der Waals surface area contributed by atoms with Crippen molar-refractivity contribution in [1.82, 2.24) is 15.0 Å². The minimum atomic E-state index is 0.633. The summed E-state index contributed by atoms with van der Waals surface area (Å²) in [5.74, 6) is 0.944. The summed E-state index contributed by atoms with van der Waals surface area (Å²) in [5, 5.41) is 0.633. The monoisotopic (exact) mass is 181 g/mol. The van der Waals surface area contributed by atoms with Gasteiger partial charge in [-0.3, -0.25) is 0 Å². The number of rotatable bonds is 1. The molecule has 0 aromatic carbocycles. The molecule has 0 unspecified atom stereocenters. The van der Waals surface area contributed by atoms with Crippen molar-refractivity contribution < 1.29 is 0 Å². The van der Waals surface area contributed by atoms with Gasteiger partial charge in [0, 0.05) is 12.6 Å². The van der Waals surface area contributed by atoms with Crippen LogP contribution in [-0.2, 0) is 6.42 Å². The third kappa shape index (κ3) is 1.16. The first-order valence-electron chi connectivity index (χ1n) is 3.79. The van der Waals surface area contributed by atoms with Crippen LogP contribution in [0.2, 0.25) is 5.02 Å². The second-order valence-electron chi connectivity index (χ2n) is 2.56. The molecular weight excluding hydrogens is 174 g/mol. The van der Waals surface area contributed by atoms with Gasteiger partial charge in [-0.1, -0.05) is 18.5 Å². The van der Waals surface area contributed by atoms with Crippen LogP contribution in [0.15, 0.2) is 12.3 Å². The van der Waals surface area contributed by atoms with Crippen LogP contribution in [0.4, 0.5) is 0 Å². The summed E-state index contributed by atoms with van der Waals surface area (Å²) in [6.07, 6.45) is 2.48. The smallest absolute Gasteiger partial charge is 0.177 e. The first-order chi connectivity index (χ1) is 5.79. The molecule has 4 heteroatoms. The van der Waals surface area contributed by atoms with E-state index >= 15 is 0 Å². The van der Waals surface area contributed by atoms with Gasteiger partial charge in [-0.25, -0.2) is 9.97 Å². The van der Waals surface area contributed by atoms with Crippen LogP contribution in [0.5, 0.6) is 0 Å². The summed E-state index contributed by atoms with van der Waals surface area (Å²) in [5.41, 5.74) is 1.63. The summed E-state index contributed by atoms with van der Waals surface area (Å²) < 4.78 is 0. The molecule has 12 heavy (non-hydrogen) atoms. The van der Waals surface area contributed by atoms with Gasteiger partial charge in [0.2, 0.25) is 0 Å². The maximum Gasteiger partial charge on any atom is 0.177 e. The Hall–Kier alpha value is -1.09. The van der Waals surface area contributed by atoms with Gasteiger partial charge in [0.25, 0.3) is 0 Å². The molecule has 0 aliphatic carbocycles. The Balaban J connectivity index is 2.67. The van der Waals surface area contributed by atoms with Crippen LogP contribution in [0.3, 0.4) is 0 Å². The van der Waals surface area contributed by atoms with E-state index in [-0.39, 0.29) is 0 Å². The van der Waals surface area contributed by atoms with Crippen LogP contribution in [0.1, 0.15) is 12.7 Å². The highest BCUT2D eigenvalue weighted by molar-refractivity contribution is 6.30. The fourth-order valence-electron chi connectivity index (χ4n) is 1.09. The van der Waals surface area contributed by atoms with Crippen LogP contribution in [0, 0.1) is 0 Å². The predicted molar refractivity (Wildman–Crippen MR) is 48.3 cm³/mol. The third-order valence-corrected chi connectivity index (χ3v) is 1.89. The van der Waals surface area contributed by atoms with E-state index in [2.05, 4.69) is 15.0 Å². The average Bonchev–Trinajstić information content (AvgIpc) is 2.46. The number of imidazole rings is 1. The number of hydrogen-bond acceptors (Lipinski definition) is 2. The molecule has 0 spiro atoms. The van der Waals surface area contributed by atoms with E-state index in [1.807, 2.05) is 13.0 Å². The van der Waals surface area contributed by atoms with E-state index in [1.165, 1.54) is 0 Å². The Morgan fingerprint density at radius 3 is 3.17 bits per heavy atom. The zero-order valence-corrected chi connectivity index (χ0v) is 7.39. The summed E-state index contributed by atoms with van der Waals surface area (Å²) in [7, 11) is 0. The largest absolute Gasteiger partial charge is 0.341 e. The fourth-order valence-corrected chi connectivity index (χ4v) is 1.25. The van der Waals surface area contributed by atoms with Crippen molar-refractivity contribution in [3.63, 3.8) is 0 Å². The van der Waals surface area contributed by atoms with Gasteiger partial charge in [0.15, 0.2) is 5.65 Å². The topological polar surface area (TPSA) is 41.6 Å². The molecule has 0 aliphatic rings. The number of aromatic nitrogens is 3. The fraction of sp³-hybridized carbons (Fsp3) is 0.250. The Labute approximate surface area is 74.8 Å². The highest BCUT2D eigenvalue weighted by Crippen LogP contribution is 2.14. The molecular formula is C8H8ClN3. The number of H-pyrrole nitrogens is 1. The summed E-state index contributed by atoms with van der Waals surface area (Å²) in [4.78, 5) is 11.5. The van der Waals surface area contributed by atoms with Crippen molar-refractivity contribution in [2.75, 3.05) is 0 Å². The van der Waals surface area contributed by atoms with Gasteiger partial charge in [0.05, 0.1) is 10.5 Å². The Morgan fingerprint density at radius 2 is 2.42 bits per heavy atom. The minimum absolute atomic E-state index is 0.633. The van der Waals surface area contributed by atoms with E-state index < -0.39 is 0 Å². The van der Waals surface area contributed by atoms with Crippen LogP contribution >= 0.6 is 11.6 Å². The van der Waals surface area contributed by atoms with Crippen molar-refractivity contribution in [3.05, 3.63) is 23.1 Å². The van der Waals surface area contributed by atoms with Gasteiger partial charge in [-0.05, 0) is 6.07 Å². The zero-order chi connectivity index (χ0) is 8.55. The Kier molecular flexibility index (Phi) is 1.73. The number of nitrogens with zero attached hydrogens (tertiary/aromatic N) is 2. The molecule has 0 saturated carbocycles. The maximum atomic E-state index is 5.76. The molecule has 0 fully saturated rings. The highest BCUT2D eigenvalue weighted by atomic mass is 35.5. The molecule has 0 radical (unpaired) electrons. The molecule has 0 amide bonds. The summed E-state index contributed by atoms with van der Waals surface area (Å²) in [6.45, 7) is 2.04. The molecule has 0 atom stereocenters. The number of fused-ring (bicyclic) bond motifs is 1. The van der Waals surface area contributed by atoms with E-state index in [9.17, 15) is 0 Å². The van der Waals surface area contributed by atoms with Crippen LogP contribution in [-0.4, -0.2) is 15.0 Å². The third-order valence-electron chi connectivity index (χ3n) is 1.69. The second-order valence-corrected chi connectivity index (χ2v) is 3.00. The lowest BCUT2D eigenvalue weighted by Crippen LogP contribution is -1.79. The molecule has 2 aromatic heterocycles. The van der Waals surface area contributed by atoms with Crippen molar-refractivity contribution in [1.29, 1.82) is 0 Å². The molecule has 1 N–H and O–H groups in total. The van der Waals surface area contributed by atoms with E-state index in [0.717, 1.165) is 23.4 Å². The quantitative estimate of drug-likeness (QED) is 0.733. The van der Waals surface area contributed by atoms with E-state index in [4.69, 9.17) is 11.6 Å². The number of hydrogen-bond donors (Lipinski definition) is 1. The zero-order valence-electron chi connectivity index (χ0n) is 6.63. The van der Waals surface area contributed by atoms with Crippen molar-refractivity contribution in [3.8, 4) is 0 Å². The lowest BCUT2D eigenvalue weighted by atomic mass is 10.4. The first kappa shape index (κ1) is 7.55. The molecule has 3 nitrogen and oxygen atoms in total. The number of halogens is 1. The number of nitrogens with one attached hydrogen (secondary N) is 1. The number of aromatic amines is 1. The lowest BCUT2D eigenvalue weighted by Gasteiger charge is -1.86. The SMILES string of the molecule is CCc1nc2ncc(Cl)cc2[nH]1. The number of pyridine rings is 1. The van der Waals surface area contributed by atoms with Crippen molar-refractivity contribution in [2.24, 2.45) is 0 Å². The van der Waals surface area contributed by atoms with Gasteiger partial charge in [-0.2, -0.15) is 0 Å². The summed E-state index contributed by atoms with van der Waals surface area (Å²) in [6, 6.07) is 1.83. The van der Waals surface area contributed by atoms with Crippen molar-refractivity contribution >= 4 is 22.8 Å². The molecule has 2 heterocycles. The maximum absolute atomic E-state index is 5.76. The Bertz CT molecular complexity index is 408. The van der Waals surface area contributed by atoms with Crippen LogP contribution < -0.4 is 0 Å². The predicted octanol–water partition coefficient (Wildman–Crippen LogP) is 2.17. The summed E-state index contributed by atoms with van der Waals surface area (Å²) >= 11 is 5.76. The van der Waals surface area contributed by atoms with Crippen LogP contribution in [0.25, 0.3) is 11.2 Å². The normalized spacial score (nSPS) is 10.8. The molecule has 0 bridgehead atoms.